The maximum atomic E-state index is 10.0. The fraction of sp³-hybridized carbons (Fsp3) is 0.0909. The van der Waals surface area contributed by atoms with Gasteiger partial charge in [0.15, 0.2) is 0 Å². The van der Waals surface area contributed by atoms with Gasteiger partial charge < -0.3 is 9.63 Å². The quantitative estimate of drug-likeness (QED) is 0.556. The Hall–Kier alpha value is -2.70. The number of carboxylic acids is 1. The third kappa shape index (κ3) is 2.34. The minimum absolute atomic E-state index is 0.0972. The number of hydrogen-bond acceptors (Lipinski definition) is 5. The minimum atomic E-state index is -0.910. The smallest absolute Gasteiger partial charge is 0.311 e. The van der Waals surface area contributed by atoms with Crippen molar-refractivity contribution in [3.63, 3.8) is 0 Å². The molecule has 0 unspecified atom stereocenters. The summed E-state index contributed by atoms with van der Waals surface area (Å²) in [6.07, 6.45) is 1.32. The second-order valence-corrected chi connectivity index (χ2v) is 3.54. The normalized spacial score (nSPS) is 10.2. The highest BCUT2D eigenvalue weighted by atomic mass is 16.6. The number of carbonyl (C=O) groups is 1. The summed E-state index contributed by atoms with van der Waals surface area (Å²) in [5, 5.41) is 23.4. The van der Waals surface area contributed by atoms with Crippen molar-refractivity contribution in [1.82, 2.24) is 5.16 Å². The highest BCUT2D eigenvalue weighted by molar-refractivity contribution is 5.69. The molecule has 1 aromatic heterocycles. The number of nitrogens with zero attached hydrogens (tertiary/aromatic N) is 2. The van der Waals surface area contributed by atoms with E-state index in [1.54, 1.807) is 12.1 Å². The maximum absolute atomic E-state index is 10.0. The summed E-state index contributed by atoms with van der Waals surface area (Å²) < 4.78 is 4.51. The molecule has 0 aliphatic heterocycles. The summed E-state index contributed by atoms with van der Waals surface area (Å²) in [6.45, 7) is 0. The van der Waals surface area contributed by atoms with Gasteiger partial charge in [0.1, 0.15) is 12.2 Å². The molecular formula is C11H8N2O5. The number of hydrogen-bond donors (Lipinski definition) is 1. The molecule has 2 aliphatic carbocycles. The van der Waals surface area contributed by atoms with Crippen molar-refractivity contribution < 1.29 is 19.3 Å². The molecule has 0 atom stereocenters. The molecule has 0 radical (unpaired) electrons. The van der Waals surface area contributed by atoms with E-state index in [4.69, 9.17) is 5.11 Å². The van der Waals surface area contributed by atoms with Crippen LogP contribution in [0.25, 0.3) is 0 Å². The molecule has 7 heteroatoms. The van der Waals surface area contributed by atoms with E-state index in [-0.39, 0.29) is 17.0 Å². The van der Waals surface area contributed by atoms with Crippen LogP contribution in [0.1, 0.15) is 5.76 Å². The zero-order valence-electron chi connectivity index (χ0n) is 9.07. The van der Waals surface area contributed by atoms with Crippen LogP contribution in [0.15, 0.2) is 35.0 Å². The summed E-state index contributed by atoms with van der Waals surface area (Å²) in [4.78, 5) is 19.7. The molecule has 1 heterocycles. The van der Waals surface area contributed by atoms with Gasteiger partial charge in [-0.15, -0.1) is 0 Å². The van der Waals surface area contributed by atoms with E-state index in [0.29, 0.717) is 5.76 Å². The summed E-state index contributed by atoms with van der Waals surface area (Å²) in [5.41, 5.74) is 0.257. The molecule has 3 rings (SSSR count). The number of rotatable bonds is 3. The van der Waals surface area contributed by atoms with Crippen molar-refractivity contribution in [3.05, 3.63) is 56.8 Å². The summed E-state index contributed by atoms with van der Waals surface area (Å²) in [7, 11) is 0. The first-order valence-corrected chi connectivity index (χ1v) is 4.98. The van der Waals surface area contributed by atoms with E-state index in [9.17, 15) is 14.9 Å². The number of nitro benzene ring substituents is 1. The van der Waals surface area contributed by atoms with E-state index < -0.39 is 5.97 Å². The monoisotopic (exact) mass is 248 g/mol. The Morgan fingerprint density at radius 2 is 2.22 bits per heavy atom. The van der Waals surface area contributed by atoms with Crippen molar-refractivity contribution in [3.8, 4) is 0 Å². The van der Waals surface area contributed by atoms with Crippen LogP contribution in [-0.4, -0.2) is 21.2 Å². The lowest BCUT2D eigenvalue weighted by Crippen LogP contribution is -1.97. The van der Waals surface area contributed by atoms with Crippen molar-refractivity contribution in [1.29, 1.82) is 0 Å². The van der Waals surface area contributed by atoms with Crippen LogP contribution in [0.3, 0.4) is 0 Å². The van der Waals surface area contributed by atoms with Gasteiger partial charge in [-0.25, -0.2) is 0 Å². The van der Waals surface area contributed by atoms with Crippen LogP contribution in [0, 0.1) is 20.6 Å². The van der Waals surface area contributed by atoms with Crippen LogP contribution in [0.5, 0.6) is 0 Å². The second kappa shape index (κ2) is 4.66. The molecule has 7 nitrogen and oxygen atoms in total. The predicted octanol–water partition coefficient (Wildman–Crippen LogP) is 1.50. The topological polar surface area (TPSA) is 106 Å². The second-order valence-electron chi connectivity index (χ2n) is 3.54. The molecule has 0 spiro atoms. The Morgan fingerprint density at radius 1 is 1.44 bits per heavy atom. The number of aromatic nitrogens is 1. The average Bonchev–Trinajstić information content (AvgIpc) is 2.74. The third-order valence-electron chi connectivity index (χ3n) is 2.32. The first kappa shape index (κ1) is 11.8. The molecule has 0 saturated carbocycles. The molecule has 0 bridgehead atoms. The van der Waals surface area contributed by atoms with Gasteiger partial charge in [-0.1, -0.05) is 11.2 Å². The number of carboxylic acid groups (broad SMARTS) is 1. The van der Waals surface area contributed by atoms with E-state index in [1.165, 1.54) is 12.3 Å². The lowest BCUT2D eigenvalue weighted by atomic mass is 10.1. The number of aliphatic carboxylic acids is 1. The van der Waals surface area contributed by atoms with Crippen molar-refractivity contribution >= 4 is 11.7 Å². The van der Waals surface area contributed by atoms with Crippen molar-refractivity contribution in [2.75, 3.05) is 0 Å². The first-order valence-electron chi connectivity index (χ1n) is 4.98. The Labute approximate surface area is 100 Å². The van der Waals surface area contributed by atoms with Crippen LogP contribution in [0.2, 0.25) is 0 Å². The highest BCUT2D eigenvalue weighted by Crippen LogP contribution is 2.22. The van der Waals surface area contributed by atoms with Crippen LogP contribution < -0.4 is 0 Å². The number of non-ortho nitro benzene ring substituents is 1. The van der Waals surface area contributed by atoms with Crippen molar-refractivity contribution in [2.45, 2.75) is 6.42 Å². The summed E-state index contributed by atoms with van der Waals surface area (Å²) in [6, 6.07) is 6.72. The van der Waals surface area contributed by atoms with Gasteiger partial charge in [-0.2, -0.15) is 0 Å². The largest absolute Gasteiger partial charge is 0.481 e. The molecule has 92 valence electrons. The molecule has 2 aliphatic rings. The third-order valence-corrected chi connectivity index (χ3v) is 2.32. The van der Waals surface area contributed by atoms with E-state index in [0.717, 1.165) is 10.4 Å². The fourth-order valence-electron chi connectivity index (χ4n) is 1.40. The molecule has 18 heavy (non-hydrogen) atoms. The zero-order valence-corrected chi connectivity index (χ0v) is 9.07. The van der Waals surface area contributed by atoms with Gasteiger partial charge in [0.05, 0.1) is 16.3 Å². The average molecular weight is 248 g/mol. The van der Waals surface area contributed by atoms with Gasteiger partial charge in [-0.05, 0) is 11.3 Å². The SMILES string of the molecule is O=C(O)Cc1ccno1.O=[N+]([O-])c1cc2ccc1=2. The molecule has 0 amide bonds. The Bertz CT molecular complexity index is 678. The van der Waals surface area contributed by atoms with E-state index in [1.807, 2.05) is 6.07 Å². The molecule has 0 aromatic carbocycles. The van der Waals surface area contributed by atoms with E-state index >= 15 is 0 Å². The molecule has 1 aromatic rings. The standard InChI is InChI=1S/C6H3NO2.C5H5NO3/c8-7(9)6-3-4-1-2-5(4)6;7-5(8)3-4-1-2-6-9-4/h1-3H;1-2H,3H2,(H,7,8). The molecule has 1 N–H and O–H groups in total. The Balaban J connectivity index is 0.000000134. The van der Waals surface area contributed by atoms with Gasteiger partial charge in [0.2, 0.25) is 0 Å². The zero-order chi connectivity index (χ0) is 13.1. The molecular weight excluding hydrogens is 240 g/mol. The van der Waals surface area contributed by atoms with Gasteiger partial charge in [0.25, 0.3) is 5.69 Å². The molecule has 0 saturated heterocycles. The Kier molecular flexibility index (Phi) is 3.05. The lowest BCUT2D eigenvalue weighted by Gasteiger charge is -2.01. The fourth-order valence-corrected chi connectivity index (χ4v) is 1.40. The minimum Gasteiger partial charge on any atom is -0.481 e. The van der Waals surface area contributed by atoms with Gasteiger partial charge in [-0.3, -0.25) is 14.9 Å². The first-order chi connectivity index (χ1) is 8.58. The van der Waals surface area contributed by atoms with Gasteiger partial charge in [0, 0.05) is 12.1 Å². The van der Waals surface area contributed by atoms with E-state index in [2.05, 4.69) is 9.68 Å². The van der Waals surface area contributed by atoms with Crippen LogP contribution in [-0.2, 0) is 11.2 Å². The Morgan fingerprint density at radius 3 is 2.50 bits per heavy atom. The predicted molar refractivity (Wildman–Crippen MR) is 58.6 cm³/mol. The number of benzene rings is 1. The highest BCUT2D eigenvalue weighted by Gasteiger charge is 2.15. The lowest BCUT2D eigenvalue weighted by molar-refractivity contribution is -0.386. The van der Waals surface area contributed by atoms with Gasteiger partial charge >= 0.3 is 5.97 Å². The van der Waals surface area contributed by atoms with Crippen LogP contribution in [0.4, 0.5) is 5.69 Å². The van der Waals surface area contributed by atoms with Crippen molar-refractivity contribution in [2.24, 2.45) is 0 Å². The number of nitro groups is 1. The maximum Gasteiger partial charge on any atom is 0.311 e. The molecule has 0 fully saturated rings. The van der Waals surface area contributed by atoms with Crippen LogP contribution >= 0.6 is 0 Å². The summed E-state index contributed by atoms with van der Waals surface area (Å²) in [5.74, 6) is -0.533. The summed E-state index contributed by atoms with van der Waals surface area (Å²) >= 11 is 0.